The minimum Gasteiger partial charge on any atom is -0.387 e. The lowest BCUT2D eigenvalue weighted by Crippen LogP contribution is -2.26. The van der Waals surface area contributed by atoms with Crippen LogP contribution in [0.5, 0.6) is 0 Å². The van der Waals surface area contributed by atoms with Gasteiger partial charge < -0.3 is 10.6 Å². The lowest BCUT2D eigenvalue weighted by molar-refractivity contribution is -0.117. The molecule has 2 N–H and O–H groups in total. The van der Waals surface area contributed by atoms with E-state index in [0.29, 0.717) is 11.6 Å². The Morgan fingerprint density at radius 3 is 2.74 bits per heavy atom. The predicted molar refractivity (Wildman–Crippen MR) is 75.3 cm³/mol. The second-order valence-electron chi connectivity index (χ2n) is 4.27. The van der Waals surface area contributed by atoms with Crippen LogP contribution in [0.15, 0.2) is 36.0 Å². The number of carbonyl (C=O) groups excluding carboxylic acids is 1. The van der Waals surface area contributed by atoms with Crippen LogP contribution in [0, 0.1) is 11.3 Å². The first kappa shape index (κ1) is 15.1. The van der Waals surface area contributed by atoms with Crippen LogP contribution < -0.4 is 10.6 Å². The van der Waals surface area contributed by atoms with E-state index in [0.717, 1.165) is 5.56 Å². The van der Waals surface area contributed by atoms with Crippen molar-refractivity contribution in [1.82, 2.24) is 10.6 Å². The number of nitrogens with one attached hydrogen (secondary N) is 2. The summed E-state index contributed by atoms with van der Waals surface area (Å²) in [5.74, 6) is -0.421. The average molecular weight is 278 g/mol. The third-order valence-corrected chi connectivity index (χ3v) is 2.69. The van der Waals surface area contributed by atoms with Gasteiger partial charge >= 0.3 is 0 Å². The van der Waals surface area contributed by atoms with Crippen molar-refractivity contribution in [3.05, 3.63) is 46.6 Å². The van der Waals surface area contributed by atoms with E-state index >= 15 is 0 Å². The van der Waals surface area contributed by atoms with Crippen molar-refractivity contribution in [2.24, 2.45) is 0 Å². The number of amides is 1. The SMILES string of the molecule is CC(C)N/C=C(/C#N)C(=O)NCc1ccccc1Cl. The van der Waals surface area contributed by atoms with E-state index in [9.17, 15) is 4.79 Å². The molecule has 1 rings (SSSR count). The van der Waals surface area contributed by atoms with E-state index in [1.807, 2.05) is 38.1 Å². The maximum Gasteiger partial charge on any atom is 0.263 e. The van der Waals surface area contributed by atoms with Gasteiger partial charge in [-0.3, -0.25) is 4.79 Å². The molecular weight excluding hydrogens is 262 g/mol. The van der Waals surface area contributed by atoms with E-state index < -0.39 is 5.91 Å². The smallest absolute Gasteiger partial charge is 0.263 e. The van der Waals surface area contributed by atoms with Gasteiger partial charge in [0, 0.05) is 23.8 Å². The van der Waals surface area contributed by atoms with E-state index in [1.165, 1.54) is 6.20 Å². The van der Waals surface area contributed by atoms with Gasteiger partial charge in [-0.1, -0.05) is 29.8 Å². The van der Waals surface area contributed by atoms with Crippen molar-refractivity contribution in [2.45, 2.75) is 26.4 Å². The molecule has 0 aliphatic heterocycles. The molecule has 0 saturated carbocycles. The zero-order valence-corrected chi connectivity index (χ0v) is 11.7. The van der Waals surface area contributed by atoms with Crippen LogP contribution in [0.3, 0.4) is 0 Å². The predicted octanol–water partition coefficient (Wildman–Crippen LogP) is 2.36. The lowest BCUT2D eigenvalue weighted by atomic mass is 10.2. The summed E-state index contributed by atoms with van der Waals surface area (Å²) in [5, 5.41) is 15.1. The third kappa shape index (κ3) is 5.02. The Morgan fingerprint density at radius 1 is 1.47 bits per heavy atom. The van der Waals surface area contributed by atoms with Gasteiger partial charge in [-0.05, 0) is 25.5 Å². The second kappa shape index (κ2) is 7.45. The number of hydrogen-bond donors (Lipinski definition) is 2. The standard InChI is InChI=1S/C14H16ClN3O/c1-10(2)17-9-12(7-16)14(19)18-8-11-5-3-4-6-13(11)15/h3-6,9-10,17H,8H2,1-2H3,(H,18,19)/b12-9-. The Hall–Kier alpha value is -1.99. The van der Waals surface area contributed by atoms with Crippen LogP contribution >= 0.6 is 11.6 Å². The van der Waals surface area contributed by atoms with E-state index in [1.54, 1.807) is 6.07 Å². The second-order valence-corrected chi connectivity index (χ2v) is 4.67. The molecule has 1 aromatic rings. The zero-order chi connectivity index (χ0) is 14.3. The van der Waals surface area contributed by atoms with Crippen molar-refractivity contribution in [1.29, 1.82) is 5.26 Å². The largest absolute Gasteiger partial charge is 0.387 e. The molecule has 0 radical (unpaired) electrons. The summed E-state index contributed by atoms with van der Waals surface area (Å²) < 4.78 is 0. The van der Waals surface area contributed by atoms with Crippen LogP contribution in [0.4, 0.5) is 0 Å². The summed E-state index contributed by atoms with van der Waals surface area (Å²) in [4.78, 5) is 11.8. The van der Waals surface area contributed by atoms with Crippen molar-refractivity contribution in [3.8, 4) is 6.07 Å². The topological polar surface area (TPSA) is 64.9 Å². The highest BCUT2D eigenvalue weighted by Gasteiger charge is 2.09. The van der Waals surface area contributed by atoms with Gasteiger partial charge in [0.25, 0.3) is 5.91 Å². The van der Waals surface area contributed by atoms with Gasteiger partial charge in [-0.15, -0.1) is 0 Å². The van der Waals surface area contributed by atoms with Crippen LogP contribution in [0.25, 0.3) is 0 Å². The Morgan fingerprint density at radius 2 is 2.16 bits per heavy atom. The Balaban J connectivity index is 2.62. The van der Waals surface area contributed by atoms with Gasteiger partial charge in [-0.2, -0.15) is 5.26 Å². The lowest BCUT2D eigenvalue weighted by Gasteiger charge is -2.07. The molecule has 4 nitrogen and oxygen atoms in total. The Kier molecular flexibility index (Phi) is 5.91. The fourth-order valence-electron chi connectivity index (χ4n) is 1.31. The van der Waals surface area contributed by atoms with E-state index in [2.05, 4.69) is 10.6 Å². The molecule has 0 atom stereocenters. The Labute approximate surface area is 118 Å². The summed E-state index contributed by atoms with van der Waals surface area (Å²) in [6.07, 6.45) is 1.42. The van der Waals surface area contributed by atoms with E-state index in [4.69, 9.17) is 16.9 Å². The highest BCUT2D eigenvalue weighted by Crippen LogP contribution is 2.14. The first-order valence-corrected chi connectivity index (χ1v) is 6.30. The molecule has 0 bridgehead atoms. The van der Waals surface area contributed by atoms with Crippen LogP contribution in [-0.4, -0.2) is 11.9 Å². The van der Waals surface area contributed by atoms with Gasteiger partial charge in [-0.25, -0.2) is 0 Å². The fourth-order valence-corrected chi connectivity index (χ4v) is 1.51. The fraction of sp³-hybridized carbons (Fsp3) is 0.286. The molecule has 1 aromatic carbocycles. The monoisotopic (exact) mass is 277 g/mol. The van der Waals surface area contributed by atoms with Gasteiger partial charge in [0.05, 0.1) is 0 Å². The number of nitrogens with zero attached hydrogens (tertiary/aromatic N) is 1. The quantitative estimate of drug-likeness (QED) is 0.641. The minimum absolute atomic E-state index is 0.0424. The summed E-state index contributed by atoms with van der Waals surface area (Å²) in [6.45, 7) is 4.14. The number of halogens is 1. The molecule has 0 saturated heterocycles. The van der Waals surface area contributed by atoms with E-state index in [-0.39, 0.29) is 11.6 Å². The van der Waals surface area contributed by atoms with Crippen LogP contribution in [0.1, 0.15) is 19.4 Å². The van der Waals surface area contributed by atoms with Gasteiger partial charge in [0.15, 0.2) is 0 Å². The van der Waals surface area contributed by atoms with Crippen molar-refractivity contribution in [3.63, 3.8) is 0 Å². The molecule has 0 spiro atoms. The molecule has 0 aliphatic carbocycles. The number of rotatable bonds is 5. The highest BCUT2D eigenvalue weighted by atomic mass is 35.5. The molecule has 0 aromatic heterocycles. The summed E-state index contributed by atoms with van der Waals surface area (Å²) >= 11 is 5.98. The molecule has 0 fully saturated rings. The number of benzene rings is 1. The number of carbonyl (C=O) groups is 1. The molecule has 100 valence electrons. The molecule has 19 heavy (non-hydrogen) atoms. The van der Waals surface area contributed by atoms with Crippen molar-refractivity contribution in [2.75, 3.05) is 0 Å². The molecule has 5 heteroatoms. The van der Waals surface area contributed by atoms with Crippen LogP contribution in [-0.2, 0) is 11.3 Å². The molecule has 0 aliphatic rings. The molecular formula is C14H16ClN3O. The van der Waals surface area contributed by atoms with Gasteiger partial charge in [0.1, 0.15) is 11.6 Å². The third-order valence-electron chi connectivity index (χ3n) is 2.32. The van der Waals surface area contributed by atoms with Crippen molar-refractivity contribution < 1.29 is 4.79 Å². The molecule has 0 heterocycles. The average Bonchev–Trinajstić information content (AvgIpc) is 2.38. The number of nitriles is 1. The molecule has 0 unspecified atom stereocenters. The molecule has 1 amide bonds. The maximum absolute atomic E-state index is 11.8. The normalized spacial score (nSPS) is 11.0. The van der Waals surface area contributed by atoms with Crippen molar-refractivity contribution >= 4 is 17.5 Å². The maximum atomic E-state index is 11.8. The summed E-state index contributed by atoms with van der Waals surface area (Å²) in [7, 11) is 0. The van der Waals surface area contributed by atoms with Gasteiger partial charge in [0.2, 0.25) is 0 Å². The first-order valence-electron chi connectivity index (χ1n) is 5.92. The zero-order valence-electron chi connectivity index (χ0n) is 10.9. The Bertz CT molecular complexity index is 518. The summed E-state index contributed by atoms with van der Waals surface area (Å²) in [5.41, 5.74) is 0.854. The summed E-state index contributed by atoms with van der Waals surface area (Å²) in [6, 6.07) is 9.27. The first-order chi connectivity index (χ1) is 9.04. The van der Waals surface area contributed by atoms with Crippen LogP contribution in [0.2, 0.25) is 5.02 Å². The number of hydrogen-bond acceptors (Lipinski definition) is 3. The highest BCUT2D eigenvalue weighted by molar-refractivity contribution is 6.31. The minimum atomic E-state index is -0.421.